The molecule has 0 aliphatic carbocycles. The Morgan fingerprint density at radius 2 is 2.05 bits per heavy atom. The molecule has 0 spiro atoms. The standard InChI is InChI=1S/C17H16BrClO2/c1-12-3-2-4-16(9-12)21-8-7-15(20)10-13-5-6-14(18)11-17(13)19/h2-6,9,11H,7-8,10H2,1H3. The highest BCUT2D eigenvalue weighted by Gasteiger charge is 2.08. The number of Topliss-reactive ketones (excluding diaryl/α,β-unsaturated/α-hetero) is 1. The Kier molecular flexibility index (Phi) is 5.83. The minimum absolute atomic E-state index is 0.117. The van der Waals surface area contributed by atoms with Gasteiger partial charge in [0.25, 0.3) is 0 Å². The van der Waals surface area contributed by atoms with E-state index in [2.05, 4.69) is 15.9 Å². The van der Waals surface area contributed by atoms with Crippen LogP contribution in [0.4, 0.5) is 0 Å². The van der Waals surface area contributed by atoms with Crippen LogP contribution in [0.25, 0.3) is 0 Å². The van der Waals surface area contributed by atoms with Gasteiger partial charge in [-0.15, -0.1) is 0 Å². The predicted octanol–water partition coefficient (Wildman–Crippen LogP) is 4.99. The van der Waals surface area contributed by atoms with Crippen molar-refractivity contribution in [2.45, 2.75) is 19.8 Å². The number of benzene rings is 2. The van der Waals surface area contributed by atoms with E-state index in [1.165, 1.54) is 0 Å². The molecule has 0 bridgehead atoms. The third kappa shape index (κ3) is 5.18. The second-order valence-corrected chi connectivity index (χ2v) is 6.19. The third-order valence-corrected chi connectivity index (χ3v) is 3.89. The van der Waals surface area contributed by atoms with E-state index in [-0.39, 0.29) is 5.78 Å². The predicted molar refractivity (Wildman–Crippen MR) is 89.2 cm³/mol. The van der Waals surface area contributed by atoms with Crippen LogP contribution in [0.5, 0.6) is 5.75 Å². The summed E-state index contributed by atoms with van der Waals surface area (Å²) in [5, 5.41) is 0.609. The smallest absolute Gasteiger partial charge is 0.140 e. The lowest BCUT2D eigenvalue weighted by molar-refractivity contribution is -0.118. The fraction of sp³-hybridized carbons (Fsp3) is 0.235. The number of aryl methyl sites for hydroxylation is 1. The van der Waals surface area contributed by atoms with Crippen LogP contribution in [0.15, 0.2) is 46.9 Å². The fourth-order valence-corrected chi connectivity index (χ4v) is 2.69. The summed E-state index contributed by atoms with van der Waals surface area (Å²) >= 11 is 9.45. The Morgan fingerprint density at radius 1 is 1.24 bits per heavy atom. The fourth-order valence-electron chi connectivity index (χ4n) is 1.95. The van der Waals surface area contributed by atoms with Gasteiger partial charge in [0, 0.05) is 22.3 Å². The van der Waals surface area contributed by atoms with Crippen LogP contribution in [-0.4, -0.2) is 12.4 Å². The summed E-state index contributed by atoms with van der Waals surface area (Å²) in [6, 6.07) is 13.3. The SMILES string of the molecule is Cc1cccc(OCCC(=O)Cc2ccc(Br)cc2Cl)c1. The maximum absolute atomic E-state index is 12.0. The first-order chi connectivity index (χ1) is 10.0. The Bertz CT molecular complexity index is 640. The van der Waals surface area contributed by atoms with E-state index in [9.17, 15) is 4.79 Å². The van der Waals surface area contributed by atoms with E-state index < -0.39 is 0 Å². The molecule has 0 N–H and O–H groups in total. The minimum atomic E-state index is 0.117. The summed E-state index contributed by atoms with van der Waals surface area (Å²) in [6.07, 6.45) is 0.712. The van der Waals surface area contributed by atoms with E-state index in [1.807, 2.05) is 43.3 Å². The van der Waals surface area contributed by atoms with Crippen molar-refractivity contribution >= 4 is 33.3 Å². The lowest BCUT2D eigenvalue weighted by Gasteiger charge is -2.07. The summed E-state index contributed by atoms with van der Waals surface area (Å²) in [6.45, 7) is 2.39. The van der Waals surface area contributed by atoms with E-state index in [0.29, 0.717) is 24.5 Å². The number of carbonyl (C=O) groups excluding carboxylic acids is 1. The zero-order chi connectivity index (χ0) is 15.2. The molecule has 0 aromatic heterocycles. The normalized spacial score (nSPS) is 10.4. The van der Waals surface area contributed by atoms with Crippen molar-refractivity contribution in [1.29, 1.82) is 0 Å². The quantitative estimate of drug-likeness (QED) is 0.719. The number of rotatable bonds is 6. The molecule has 2 rings (SSSR count). The molecule has 110 valence electrons. The van der Waals surface area contributed by atoms with Crippen LogP contribution < -0.4 is 4.74 Å². The number of carbonyl (C=O) groups is 1. The molecular formula is C17H16BrClO2. The number of ketones is 1. The van der Waals surface area contributed by atoms with Gasteiger partial charge in [0.1, 0.15) is 11.5 Å². The highest BCUT2D eigenvalue weighted by atomic mass is 79.9. The van der Waals surface area contributed by atoms with Gasteiger partial charge in [-0.3, -0.25) is 4.79 Å². The zero-order valence-corrected chi connectivity index (χ0v) is 14.1. The molecule has 0 saturated carbocycles. The molecule has 4 heteroatoms. The van der Waals surface area contributed by atoms with Crippen molar-refractivity contribution in [2.24, 2.45) is 0 Å². The van der Waals surface area contributed by atoms with Crippen LogP contribution in [0, 0.1) is 6.92 Å². The number of ether oxygens (including phenoxy) is 1. The highest BCUT2D eigenvalue weighted by molar-refractivity contribution is 9.10. The van der Waals surface area contributed by atoms with Gasteiger partial charge in [-0.25, -0.2) is 0 Å². The van der Waals surface area contributed by atoms with Crippen LogP contribution in [-0.2, 0) is 11.2 Å². The van der Waals surface area contributed by atoms with Crippen molar-refractivity contribution in [2.75, 3.05) is 6.61 Å². The second kappa shape index (κ2) is 7.62. The number of halogens is 2. The van der Waals surface area contributed by atoms with Crippen molar-refractivity contribution in [3.63, 3.8) is 0 Å². The Balaban J connectivity index is 1.82. The van der Waals surface area contributed by atoms with E-state index in [0.717, 1.165) is 21.3 Å². The molecular weight excluding hydrogens is 352 g/mol. The molecule has 0 radical (unpaired) electrons. The highest BCUT2D eigenvalue weighted by Crippen LogP contribution is 2.22. The Morgan fingerprint density at radius 3 is 2.76 bits per heavy atom. The zero-order valence-electron chi connectivity index (χ0n) is 11.7. The van der Waals surface area contributed by atoms with Gasteiger partial charge in [0.05, 0.1) is 6.61 Å². The van der Waals surface area contributed by atoms with Gasteiger partial charge in [-0.05, 0) is 42.3 Å². The van der Waals surface area contributed by atoms with Gasteiger partial charge < -0.3 is 4.74 Å². The maximum atomic E-state index is 12.0. The van der Waals surface area contributed by atoms with Gasteiger partial charge in [0.2, 0.25) is 0 Å². The van der Waals surface area contributed by atoms with Crippen molar-refractivity contribution in [3.05, 3.63) is 63.1 Å². The summed E-state index contributed by atoms with van der Waals surface area (Å²) in [5.41, 5.74) is 1.99. The summed E-state index contributed by atoms with van der Waals surface area (Å²) in [5.74, 6) is 0.913. The summed E-state index contributed by atoms with van der Waals surface area (Å²) in [7, 11) is 0. The van der Waals surface area contributed by atoms with Crippen LogP contribution >= 0.6 is 27.5 Å². The number of hydrogen-bond donors (Lipinski definition) is 0. The minimum Gasteiger partial charge on any atom is -0.493 e. The van der Waals surface area contributed by atoms with Crippen molar-refractivity contribution in [1.82, 2.24) is 0 Å². The van der Waals surface area contributed by atoms with E-state index in [1.54, 1.807) is 6.07 Å². The molecule has 0 saturated heterocycles. The second-order valence-electron chi connectivity index (χ2n) is 4.87. The van der Waals surface area contributed by atoms with E-state index in [4.69, 9.17) is 16.3 Å². The maximum Gasteiger partial charge on any atom is 0.140 e. The Hall–Kier alpha value is -1.32. The molecule has 0 unspecified atom stereocenters. The Labute approximate surface area is 138 Å². The summed E-state index contributed by atoms with van der Waals surface area (Å²) < 4.78 is 6.49. The average molecular weight is 368 g/mol. The molecule has 0 aliphatic rings. The molecule has 0 amide bonds. The van der Waals surface area contributed by atoms with Crippen LogP contribution in [0.3, 0.4) is 0 Å². The summed E-state index contributed by atoms with van der Waals surface area (Å²) in [4.78, 5) is 12.0. The lowest BCUT2D eigenvalue weighted by atomic mass is 10.1. The monoisotopic (exact) mass is 366 g/mol. The topological polar surface area (TPSA) is 26.3 Å². The molecule has 2 nitrogen and oxygen atoms in total. The average Bonchev–Trinajstić information content (AvgIpc) is 2.42. The molecule has 0 aliphatic heterocycles. The lowest BCUT2D eigenvalue weighted by Crippen LogP contribution is -2.09. The molecule has 2 aromatic carbocycles. The largest absolute Gasteiger partial charge is 0.493 e. The van der Waals surface area contributed by atoms with Crippen LogP contribution in [0.2, 0.25) is 5.02 Å². The molecule has 0 heterocycles. The third-order valence-electron chi connectivity index (χ3n) is 3.04. The van der Waals surface area contributed by atoms with E-state index >= 15 is 0 Å². The van der Waals surface area contributed by atoms with Crippen LogP contribution in [0.1, 0.15) is 17.5 Å². The van der Waals surface area contributed by atoms with Gasteiger partial charge in [0.15, 0.2) is 0 Å². The molecule has 0 atom stereocenters. The molecule has 0 fully saturated rings. The first-order valence-electron chi connectivity index (χ1n) is 6.69. The van der Waals surface area contributed by atoms with Gasteiger partial charge in [-0.2, -0.15) is 0 Å². The molecule has 21 heavy (non-hydrogen) atoms. The van der Waals surface area contributed by atoms with Crippen molar-refractivity contribution in [3.8, 4) is 5.75 Å². The first-order valence-corrected chi connectivity index (χ1v) is 7.87. The number of hydrogen-bond acceptors (Lipinski definition) is 2. The van der Waals surface area contributed by atoms with Gasteiger partial charge in [-0.1, -0.05) is 45.7 Å². The molecule has 2 aromatic rings. The first kappa shape index (κ1) is 16.1. The van der Waals surface area contributed by atoms with Gasteiger partial charge >= 0.3 is 0 Å². The van der Waals surface area contributed by atoms with Crippen molar-refractivity contribution < 1.29 is 9.53 Å².